The third-order valence-electron chi connectivity index (χ3n) is 8.38. The molecule has 1 saturated heterocycles. The lowest BCUT2D eigenvalue weighted by atomic mass is 9.80. The van der Waals surface area contributed by atoms with E-state index in [-0.39, 0.29) is 13.2 Å². The van der Waals surface area contributed by atoms with Gasteiger partial charge in [-0.05, 0) is 60.6 Å². The van der Waals surface area contributed by atoms with Crippen LogP contribution in [0.2, 0.25) is 0 Å². The number of hydrogen-bond donors (Lipinski definition) is 3. The van der Waals surface area contributed by atoms with Crippen molar-refractivity contribution < 1.29 is 38.0 Å². The summed E-state index contributed by atoms with van der Waals surface area (Å²) in [6.45, 7) is 9.77. The van der Waals surface area contributed by atoms with Crippen LogP contribution in [0, 0.1) is 0 Å². The van der Waals surface area contributed by atoms with Crippen molar-refractivity contribution >= 4 is 8.60 Å². The Kier molecular flexibility index (Phi) is 14.7. The van der Waals surface area contributed by atoms with Crippen LogP contribution in [0.1, 0.15) is 43.7 Å². The number of benzene rings is 3. The Morgan fingerprint density at radius 1 is 0.840 bits per heavy atom. The van der Waals surface area contributed by atoms with Crippen molar-refractivity contribution in [3.05, 3.63) is 129 Å². The van der Waals surface area contributed by atoms with Crippen molar-refractivity contribution in [2.45, 2.75) is 45.0 Å². The fraction of sp³-hybridized carbons (Fsp3) is 0.389. The Hall–Kier alpha value is -3.91. The van der Waals surface area contributed by atoms with E-state index in [1.54, 1.807) is 14.2 Å². The van der Waals surface area contributed by atoms with Gasteiger partial charge in [-0.1, -0.05) is 75.4 Å². The highest BCUT2D eigenvalue weighted by Gasteiger charge is 2.42. The highest BCUT2D eigenvalue weighted by molar-refractivity contribution is 7.39. The van der Waals surface area contributed by atoms with Crippen molar-refractivity contribution in [2.75, 3.05) is 47.1 Å². The van der Waals surface area contributed by atoms with E-state index in [1.165, 1.54) is 36.5 Å². The van der Waals surface area contributed by atoms with Gasteiger partial charge in [0.1, 0.15) is 23.2 Å². The molecule has 1 aromatic heterocycles. The van der Waals surface area contributed by atoms with Crippen molar-refractivity contribution in [1.29, 1.82) is 0 Å². The third kappa shape index (κ3) is 9.65. The Morgan fingerprint density at radius 3 is 1.84 bits per heavy atom. The number of aromatic amines is 1. The first-order chi connectivity index (χ1) is 24.2. The summed E-state index contributed by atoms with van der Waals surface area (Å²) >= 11 is 0. The van der Waals surface area contributed by atoms with Crippen LogP contribution in [-0.2, 0) is 24.3 Å². The summed E-state index contributed by atoms with van der Waals surface area (Å²) in [6, 6.07) is 25.6. The van der Waals surface area contributed by atoms with Crippen LogP contribution in [0.25, 0.3) is 0 Å². The summed E-state index contributed by atoms with van der Waals surface area (Å²) in [5.74, 6) is 1.32. The van der Waals surface area contributed by atoms with E-state index in [1.807, 2.05) is 78.9 Å². The molecule has 4 aromatic rings. The highest BCUT2D eigenvalue weighted by Crippen LogP contribution is 2.43. The number of nitrogens with zero attached hydrogens (tertiary/aromatic N) is 2. The summed E-state index contributed by atoms with van der Waals surface area (Å²) < 4.78 is 36.0. The standard InChI is InChI=1S/C30H31N2O10P.C6H15N/c1-37-23-12-8-21(9-13-23)30(20-6-4-3-5-7-20,22-10-14-24(38-2)15-11-22)40-18-25-28(42-43(35)36)39-19-27(41-25)32-17-16-26(33)31-29(32)34;1-4-7(5-2)6-3/h3-17,25,27-28,35-36H,18-19H2,1-2H3,(H,31,33,34);4-6H2,1-3H3/t25-,27-,28+;/m1./s1. The second-order valence-corrected chi connectivity index (χ2v) is 11.9. The van der Waals surface area contributed by atoms with Crippen LogP contribution in [0.15, 0.2) is 101 Å². The van der Waals surface area contributed by atoms with Gasteiger partial charge in [-0.2, -0.15) is 0 Å². The molecule has 0 unspecified atom stereocenters. The summed E-state index contributed by atoms with van der Waals surface area (Å²) in [5, 5.41) is 0. The van der Waals surface area contributed by atoms with Gasteiger partial charge >= 0.3 is 14.3 Å². The third-order valence-corrected chi connectivity index (χ3v) is 8.77. The first-order valence-electron chi connectivity index (χ1n) is 16.3. The summed E-state index contributed by atoms with van der Waals surface area (Å²) in [7, 11) is 0.354. The second kappa shape index (κ2) is 18.9. The SMILES string of the molecule is CCN(CC)CC.COc1ccc(C(OC[C@H]2O[C@@H](n3ccc(=O)[nH]c3=O)CO[C@H]2OP(O)O)(c2ccccc2)c2ccc(OC)cc2)cc1. The summed E-state index contributed by atoms with van der Waals surface area (Å²) in [5.41, 5.74) is -0.144. The first-order valence-corrected chi connectivity index (χ1v) is 17.5. The molecule has 0 aliphatic carbocycles. The van der Waals surface area contributed by atoms with Gasteiger partial charge in [-0.3, -0.25) is 18.9 Å². The van der Waals surface area contributed by atoms with Crippen LogP contribution in [-0.4, -0.2) is 83.7 Å². The molecule has 5 rings (SSSR count). The normalized spacial score (nSPS) is 17.7. The molecule has 1 fully saturated rings. The van der Waals surface area contributed by atoms with Gasteiger partial charge in [-0.25, -0.2) is 4.79 Å². The van der Waals surface area contributed by atoms with Gasteiger partial charge in [0.25, 0.3) is 5.56 Å². The maximum atomic E-state index is 12.5. The Bertz CT molecular complexity index is 1640. The zero-order valence-corrected chi connectivity index (χ0v) is 29.8. The predicted molar refractivity (Wildman–Crippen MR) is 189 cm³/mol. The highest BCUT2D eigenvalue weighted by atomic mass is 31.2. The molecule has 0 spiro atoms. The molecule has 50 heavy (non-hydrogen) atoms. The van der Waals surface area contributed by atoms with Crippen molar-refractivity contribution in [1.82, 2.24) is 14.5 Å². The van der Waals surface area contributed by atoms with Crippen LogP contribution in [0.5, 0.6) is 11.5 Å². The smallest absolute Gasteiger partial charge is 0.330 e. The summed E-state index contributed by atoms with van der Waals surface area (Å²) in [4.78, 5) is 48.0. The number of aromatic nitrogens is 2. The molecule has 0 amide bonds. The minimum Gasteiger partial charge on any atom is -0.497 e. The van der Waals surface area contributed by atoms with E-state index in [0.29, 0.717) is 11.5 Å². The van der Waals surface area contributed by atoms with E-state index < -0.39 is 44.1 Å². The van der Waals surface area contributed by atoms with Crippen molar-refractivity contribution in [2.24, 2.45) is 0 Å². The minimum atomic E-state index is -2.82. The van der Waals surface area contributed by atoms with Crippen molar-refractivity contribution in [3.63, 3.8) is 0 Å². The van der Waals surface area contributed by atoms with E-state index in [9.17, 15) is 19.4 Å². The van der Waals surface area contributed by atoms with Gasteiger partial charge < -0.3 is 38.4 Å². The zero-order chi connectivity index (χ0) is 36.1. The molecular weight excluding hydrogens is 665 g/mol. The van der Waals surface area contributed by atoms with Gasteiger partial charge in [0.2, 0.25) is 0 Å². The number of ether oxygens (including phenoxy) is 5. The van der Waals surface area contributed by atoms with E-state index in [2.05, 4.69) is 30.7 Å². The quantitative estimate of drug-likeness (QED) is 0.126. The average Bonchev–Trinajstić information content (AvgIpc) is 3.14. The summed E-state index contributed by atoms with van der Waals surface area (Å²) in [6.07, 6.45) is -1.95. The van der Waals surface area contributed by atoms with Crippen molar-refractivity contribution in [3.8, 4) is 11.5 Å². The Labute approximate surface area is 292 Å². The zero-order valence-electron chi connectivity index (χ0n) is 28.9. The lowest BCUT2D eigenvalue weighted by Gasteiger charge is -2.40. The minimum absolute atomic E-state index is 0.170. The monoisotopic (exact) mass is 711 g/mol. The predicted octanol–water partition coefficient (Wildman–Crippen LogP) is 4.38. The first kappa shape index (κ1) is 38.9. The molecule has 2 heterocycles. The molecule has 0 bridgehead atoms. The molecule has 13 nitrogen and oxygen atoms in total. The molecule has 270 valence electrons. The maximum absolute atomic E-state index is 12.5. The molecule has 14 heteroatoms. The van der Waals surface area contributed by atoms with Gasteiger partial charge in [0.15, 0.2) is 12.5 Å². The topological polar surface area (TPSA) is 154 Å². The van der Waals surface area contributed by atoms with Gasteiger partial charge in [0, 0.05) is 12.3 Å². The van der Waals surface area contributed by atoms with E-state index in [4.69, 9.17) is 28.2 Å². The van der Waals surface area contributed by atoms with Gasteiger partial charge in [-0.15, -0.1) is 0 Å². The van der Waals surface area contributed by atoms with E-state index in [0.717, 1.165) is 16.7 Å². The lowest BCUT2D eigenvalue weighted by Crippen LogP contribution is -2.49. The Balaban J connectivity index is 0.000000727. The molecule has 0 radical (unpaired) electrons. The maximum Gasteiger partial charge on any atom is 0.330 e. The number of nitrogens with one attached hydrogen (secondary N) is 1. The number of rotatable bonds is 14. The van der Waals surface area contributed by atoms with Gasteiger partial charge in [0.05, 0.1) is 27.4 Å². The molecular formula is C36H46N3O10P. The number of H-pyrrole nitrogens is 1. The molecule has 3 atom stereocenters. The number of hydrogen-bond acceptors (Lipinski definition) is 11. The van der Waals surface area contributed by atoms with Crippen LogP contribution < -0.4 is 20.7 Å². The van der Waals surface area contributed by atoms with Crippen LogP contribution in [0.4, 0.5) is 0 Å². The number of methoxy groups -OCH3 is 2. The molecule has 1 aliphatic heterocycles. The largest absolute Gasteiger partial charge is 0.497 e. The fourth-order valence-electron chi connectivity index (χ4n) is 5.65. The van der Waals surface area contributed by atoms with E-state index >= 15 is 0 Å². The van der Waals surface area contributed by atoms with Crippen LogP contribution in [0.3, 0.4) is 0 Å². The molecule has 1 aliphatic rings. The lowest BCUT2D eigenvalue weighted by molar-refractivity contribution is -0.276. The molecule has 3 aromatic carbocycles. The molecule has 0 saturated carbocycles. The Morgan fingerprint density at radius 2 is 1.38 bits per heavy atom. The average molecular weight is 712 g/mol. The fourth-order valence-corrected chi connectivity index (χ4v) is 6.03. The van der Waals surface area contributed by atoms with Crippen LogP contribution >= 0.6 is 8.60 Å². The second-order valence-electron chi connectivity index (χ2n) is 11.1. The molecule has 3 N–H and O–H groups in total.